The van der Waals surface area contributed by atoms with Crippen LogP contribution in [-0.2, 0) is 4.74 Å². The molecule has 12 heavy (non-hydrogen) atoms. The van der Waals surface area contributed by atoms with E-state index in [-0.39, 0.29) is 5.60 Å². The van der Waals surface area contributed by atoms with E-state index in [1.54, 1.807) is 0 Å². The zero-order valence-corrected chi connectivity index (χ0v) is 9.08. The Morgan fingerprint density at radius 1 is 1.42 bits per heavy atom. The summed E-state index contributed by atoms with van der Waals surface area (Å²) in [4.78, 5) is 0. The Hall–Kier alpha value is 0.250. The normalized spacial score (nSPS) is 31.0. The average molecular weight is 191 g/mol. The van der Waals surface area contributed by atoms with E-state index in [9.17, 15) is 0 Å². The lowest BCUT2D eigenvalue weighted by atomic mass is 9.81. The van der Waals surface area contributed by atoms with Crippen molar-refractivity contribution in [3.63, 3.8) is 0 Å². The summed E-state index contributed by atoms with van der Waals surface area (Å²) in [5, 5.41) is 0. The highest BCUT2D eigenvalue weighted by atomic mass is 35.5. The van der Waals surface area contributed by atoms with Crippen molar-refractivity contribution >= 4 is 11.6 Å². The maximum atomic E-state index is 5.95. The van der Waals surface area contributed by atoms with Crippen molar-refractivity contribution in [2.45, 2.75) is 45.6 Å². The van der Waals surface area contributed by atoms with Gasteiger partial charge in [0.15, 0.2) is 0 Å². The molecule has 0 N–H and O–H groups in total. The van der Waals surface area contributed by atoms with Gasteiger partial charge in [-0.3, -0.25) is 0 Å². The lowest BCUT2D eigenvalue weighted by Crippen LogP contribution is -2.34. The van der Waals surface area contributed by atoms with E-state index in [2.05, 4.69) is 20.8 Å². The van der Waals surface area contributed by atoms with Crippen molar-refractivity contribution in [2.24, 2.45) is 5.41 Å². The van der Waals surface area contributed by atoms with Crippen LogP contribution in [0.3, 0.4) is 0 Å². The van der Waals surface area contributed by atoms with Crippen LogP contribution in [0.15, 0.2) is 0 Å². The smallest absolute Gasteiger partial charge is 0.0823 e. The Morgan fingerprint density at radius 3 is 2.42 bits per heavy atom. The second kappa shape index (κ2) is 3.55. The van der Waals surface area contributed by atoms with Gasteiger partial charge in [-0.1, -0.05) is 20.8 Å². The maximum absolute atomic E-state index is 5.95. The molecule has 0 spiro atoms. The zero-order chi connectivity index (χ0) is 9.24. The van der Waals surface area contributed by atoms with Crippen LogP contribution in [0.2, 0.25) is 0 Å². The molecule has 0 radical (unpaired) electrons. The number of rotatable bonds is 2. The Morgan fingerprint density at radius 2 is 2.08 bits per heavy atom. The largest absolute Gasteiger partial charge is 0.374 e. The van der Waals surface area contributed by atoms with E-state index in [0.29, 0.717) is 11.3 Å². The van der Waals surface area contributed by atoms with E-state index >= 15 is 0 Å². The minimum atomic E-state index is -0.0141. The van der Waals surface area contributed by atoms with Gasteiger partial charge in [0.2, 0.25) is 0 Å². The van der Waals surface area contributed by atoms with Gasteiger partial charge in [-0.2, -0.15) is 0 Å². The molecule has 0 aromatic rings. The Kier molecular flexibility index (Phi) is 3.06. The first-order chi connectivity index (χ1) is 5.47. The first kappa shape index (κ1) is 10.3. The van der Waals surface area contributed by atoms with Crippen LogP contribution in [-0.4, -0.2) is 18.1 Å². The highest BCUT2D eigenvalue weighted by Crippen LogP contribution is 2.37. The Bertz CT molecular complexity index is 142. The van der Waals surface area contributed by atoms with Crippen LogP contribution in [0.25, 0.3) is 0 Å². The van der Waals surface area contributed by atoms with Crippen molar-refractivity contribution in [1.82, 2.24) is 0 Å². The van der Waals surface area contributed by atoms with Crippen LogP contribution in [0, 0.1) is 5.41 Å². The van der Waals surface area contributed by atoms with Gasteiger partial charge in [-0.25, -0.2) is 0 Å². The van der Waals surface area contributed by atoms with E-state index in [1.807, 2.05) is 0 Å². The summed E-state index contributed by atoms with van der Waals surface area (Å²) >= 11 is 5.95. The fourth-order valence-electron chi connectivity index (χ4n) is 2.01. The molecule has 1 rings (SSSR count). The summed E-state index contributed by atoms with van der Waals surface area (Å²) in [6.45, 7) is 7.61. The molecule has 0 amide bonds. The van der Waals surface area contributed by atoms with Crippen LogP contribution >= 0.6 is 11.6 Å². The van der Waals surface area contributed by atoms with Gasteiger partial charge in [0.1, 0.15) is 0 Å². The fraction of sp³-hybridized carbons (Fsp3) is 1.00. The van der Waals surface area contributed by atoms with Crippen molar-refractivity contribution < 1.29 is 4.74 Å². The molecule has 1 aliphatic rings. The molecule has 1 saturated heterocycles. The zero-order valence-electron chi connectivity index (χ0n) is 8.32. The minimum absolute atomic E-state index is 0.0141. The summed E-state index contributed by atoms with van der Waals surface area (Å²) in [6.07, 6.45) is 3.38. The molecule has 0 bridgehead atoms. The van der Waals surface area contributed by atoms with Gasteiger partial charge >= 0.3 is 0 Å². The second-order valence-corrected chi connectivity index (χ2v) is 5.27. The lowest BCUT2D eigenvalue weighted by molar-refractivity contribution is -0.00784. The molecule has 0 aliphatic carbocycles. The predicted molar refractivity (Wildman–Crippen MR) is 52.7 cm³/mol. The molecule has 0 aromatic heterocycles. The van der Waals surface area contributed by atoms with Gasteiger partial charge in [0.05, 0.1) is 11.5 Å². The number of ether oxygens (including phenoxy) is 1. The van der Waals surface area contributed by atoms with Gasteiger partial charge in [0.25, 0.3) is 0 Å². The van der Waals surface area contributed by atoms with Crippen LogP contribution in [0.4, 0.5) is 0 Å². The maximum Gasteiger partial charge on any atom is 0.0823 e. The molecule has 1 aliphatic heterocycles. The number of hydrogen-bond donors (Lipinski definition) is 0. The molecule has 1 heterocycles. The first-order valence-corrected chi connectivity index (χ1v) is 5.21. The molecular formula is C10H19ClO. The number of alkyl halides is 1. The third-order valence-electron chi connectivity index (χ3n) is 2.28. The molecular weight excluding hydrogens is 172 g/mol. The highest BCUT2D eigenvalue weighted by molar-refractivity contribution is 6.18. The molecule has 1 fully saturated rings. The number of hydrogen-bond acceptors (Lipinski definition) is 1. The summed E-state index contributed by atoms with van der Waals surface area (Å²) in [5.74, 6) is 0.643. The van der Waals surface area contributed by atoms with Gasteiger partial charge in [0, 0.05) is 6.61 Å². The third kappa shape index (κ3) is 2.63. The molecule has 2 heteroatoms. The van der Waals surface area contributed by atoms with Crippen molar-refractivity contribution in [2.75, 3.05) is 12.5 Å². The van der Waals surface area contributed by atoms with E-state index in [1.165, 1.54) is 6.42 Å². The Labute approximate surface area is 80.4 Å². The molecule has 0 aromatic carbocycles. The highest BCUT2D eigenvalue weighted by Gasteiger charge is 2.37. The van der Waals surface area contributed by atoms with E-state index < -0.39 is 0 Å². The monoisotopic (exact) mass is 190 g/mol. The van der Waals surface area contributed by atoms with Crippen molar-refractivity contribution in [3.8, 4) is 0 Å². The van der Waals surface area contributed by atoms with Gasteiger partial charge in [-0.15, -0.1) is 11.6 Å². The molecule has 72 valence electrons. The van der Waals surface area contributed by atoms with Crippen LogP contribution in [0.1, 0.15) is 40.0 Å². The molecule has 1 unspecified atom stereocenters. The van der Waals surface area contributed by atoms with Gasteiger partial charge < -0.3 is 4.74 Å². The summed E-state index contributed by atoms with van der Waals surface area (Å²) in [6, 6.07) is 0. The van der Waals surface area contributed by atoms with Crippen LogP contribution in [0.5, 0.6) is 0 Å². The quantitative estimate of drug-likeness (QED) is 0.608. The summed E-state index contributed by atoms with van der Waals surface area (Å²) in [5.41, 5.74) is 0.305. The summed E-state index contributed by atoms with van der Waals surface area (Å²) in [7, 11) is 0. The topological polar surface area (TPSA) is 9.23 Å². The summed E-state index contributed by atoms with van der Waals surface area (Å²) < 4.78 is 5.73. The number of halogens is 1. The van der Waals surface area contributed by atoms with E-state index in [4.69, 9.17) is 16.3 Å². The van der Waals surface area contributed by atoms with Gasteiger partial charge in [-0.05, 0) is 24.7 Å². The SMILES string of the molecule is CC(C)(C)CC1(CCl)CCCO1. The molecule has 1 nitrogen and oxygen atoms in total. The molecule has 1 atom stereocenters. The fourth-order valence-corrected chi connectivity index (χ4v) is 2.32. The van der Waals surface area contributed by atoms with Crippen molar-refractivity contribution in [1.29, 1.82) is 0 Å². The average Bonchev–Trinajstić information content (AvgIpc) is 2.34. The molecule has 0 saturated carbocycles. The second-order valence-electron chi connectivity index (χ2n) is 5.01. The lowest BCUT2D eigenvalue weighted by Gasteiger charge is -2.33. The Balaban J connectivity index is 2.55. The first-order valence-electron chi connectivity index (χ1n) is 4.67. The third-order valence-corrected chi connectivity index (χ3v) is 2.77. The minimum Gasteiger partial charge on any atom is -0.374 e. The standard InChI is InChI=1S/C10H19ClO/c1-9(2,3)7-10(8-11)5-4-6-12-10/h4-8H2,1-3H3. The van der Waals surface area contributed by atoms with Crippen molar-refractivity contribution in [3.05, 3.63) is 0 Å². The predicted octanol–water partition coefficient (Wildman–Crippen LogP) is 3.21. The van der Waals surface area contributed by atoms with Crippen LogP contribution < -0.4 is 0 Å². The van der Waals surface area contributed by atoms with E-state index in [0.717, 1.165) is 19.4 Å².